The molecule has 0 radical (unpaired) electrons. The molecule has 0 saturated heterocycles. The third-order valence-electron chi connectivity index (χ3n) is 3.30. The van der Waals surface area contributed by atoms with Gasteiger partial charge in [0.05, 0.1) is 20.4 Å². The average molecular weight is 315 g/mol. The van der Waals surface area contributed by atoms with Gasteiger partial charge in [0.25, 0.3) is 0 Å². The van der Waals surface area contributed by atoms with Crippen LogP contribution < -0.4 is 9.80 Å². The summed E-state index contributed by atoms with van der Waals surface area (Å²) in [6.07, 6.45) is 1.14. The predicted octanol–water partition coefficient (Wildman–Crippen LogP) is 5.38. The lowest BCUT2D eigenvalue weighted by Gasteiger charge is -2.32. The maximum absolute atomic E-state index is 5.39. The lowest BCUT2D eigenvalue weighted by molar-refractivity contribution is 0.381. The molecule has 0 fully saturated rings. The average Bonchev–Trinajstić information content (AvgIpc) is 2.41. The quantitative estimate of drug-likeness (QED) is 0.673. The van der Waals surface area contributed by atoms with Crippen LogP contribution in [-0.4, -0.2) is 27.2 Å². The Morgan fingerprint density at radius 1 is 0.900 bits per heavy atom. The highest BCUT2D eigenvalue weighted by Gasteiger charge is 2.21. The second-order valence-corrected chi connectivity index (χ2v) is 6.92. The van der Waals surface area contributed by atoms with Crippen molar-refractivity contribution in [3.8, 4) is 0 Å². The van der Waals surface area contributed by atoms with Gasteiger partial charge in [-0.3, -0.25) is 0 Å². The molecule has 1 aromatic rings. The van der Waals surface area contributed by atoms with Crippen LogP contribution in [0.15, 0.2) is 0 Å². The molecule has 0 aliphatic rings. The fourth-order valence-electron chi connectivity index (χ4n) is 1.85. The van der Waals surface area contributed by atoms with Gasteiger partial charge in [0, 0.05) is 27.2 Å². The first-order chi connectivity index (χ1) is 9.19. The van der Waals surface area contributed by atoms with E-state index >= 15 is 0 Å². The van der Waals surface area contributed by atoms with E-state index in [0.29, 0.717) is 5.41 Å². The van der Waals surface area contributed by atoms with E-state index in [1.165, 1.54) is 0 Å². The Balaban J connectivity index is 0.00000172. The van der Waals surface area contributed by atoms with E-state index < -0.39 is 0 Å². The molecule has 0 unspecified atom stereocenters. The van der Waals surface area contributed by atoms with E-state index in [0.717, 1.165) is 39.9 Å². The molecular formula is C16H30N2S2. The van der Waals surface area contributed by atoms with Crippen LogP contribution in [0.25, 0.3) is 0 Å². The summed E-state index contributed by atoms with van der Waals surface area (Å²) in [6, 6.07) is 0. The minimum absolute atomic E-state index is 0.345. The van der Waals surface area contributed by atoms with Crippen LogP contribution in [0.5, 0.6) is 0 Å². The van der Waals surface area contributed by atoms with Crippen molar-refractivity contribution < 1.29 is 0 Å². The molecule has 0 aliphatic heterocycles. The van der Waals surface area contributed by atoms with Gasteiger partial charge in [-0.2, -0.15) is 0 Å². The van der Waals surface area contributed by atoms with Crippen molar-refractivity contribution in [2.45, 2.75) is 48.0 Å². The van der Waals surface area contributed by atoms with E-state index in [-0.39, 0.29) is 0 Å². The van der Waals surface area contributed by atoms with Crippen molar-refractivity contribution in [2.75, 3.05) is 37.0 Å². The number of hydrogen-bond acceptors (Lipinski definition) is 4. The molecule has 1 rings (SSSR count). The molecule has 0 aromatic heterocycles. The van der Waals surface area contributed by atoms with Crippen molar-refractivity contribution in [3.05, 3.63) is 9.02 Å². The lowest BCUT2D eigenvalue weighted by Crippen LogP contribution is -2.28. The SMILES string of the molecule is CC.CCN(C)c1c(N(C)CCC(C)(C)C)c(=S)c1=S. The van der Waals surface area contributed by atoms with Gasteiger partial charge in [0.2, 0.25) is 0 Å². The number of hydrogen-bond donors (Lipinski definition) is 0. The smallest absolute Gasteiger partial charge is 0.0834 e. The molecule has 4 heteroatoms. The van der Waals surface area contributed by atoms with E-state index in [1.807, 2.05) is 13.8 Å². The molecular weight excluding hydrogens is 284 g/mol. The first kappa shape index (κ1) is 19.5. The van der Waals surface area contributed by atoms with Crippen molar-refractivity contribution in [1.82, 2.24) is 0 Å². The molecule has 0 atom stereocenters. The molecule has 0 N–H and O–H groups in total. The van der Waals surface area contributed by atoms with Gasteiger partial charge < -0.3 is 9.80 Å². The summed E-state index contributed by atoms with van der Waals surface area (Å²) >= 11 is 10.7. The summed E-state index contributed by atoms with van der Waals surface area (Å²) in [6.45, 7) is 14.9. The zero-order chi connectivity index (χ0) is 16.1. The molecule has 0 spiro atoms. The van der Waals surface area contributed by atoms with Crippen LogP contribution in [0.2, 0.25) is 0 Å². The summed E-state index contributed by atoms with van der Waals surface area (Å²) < 4.78 is 1.71. The first-order valence-electron chi connectivity index (χ1n) is 7.44. The Kier molecular flexibility index (Phi) is 7.89. The van der Waals surface area contributed by atoms with Crippen LogP contribution in [0.3, 0.4) is 0 Å². The third kappa shape index (κ3) is 4.81. The van der Waals surface area contributed by atoms with Crippen molar-refractivity contribution in [1.29, 1.82) is 0 Å². The largest absolute Gasteiger partial charge is 0.372 e. The summed E-state index contributed by atoms with van der Waals surface area (Å²) in [5.74, 6) is 0. The highest BCUT2D eigenvalue weighted by molar-refractivity contribution is 7.74. The molecule has 20 heavy (non-hydrogen) atoms. The standard InChI is InChI=1S/C14H24N2S2.C2H6/c1-7-15(5)10-11(13(18)12(10)17)16(6)9-8-14(2,3)4;1-2/h7-9H2,1-6H3;1-2H3. The molecule has 116 valence electrons. The van der Waals surface area contributed by atoms with Gasteiger partial charge >= 0.3 is 0 Å². The normalized spacial score (nSPS) is 11.0. The van der Waals surface area contributed by atoms with Gasteiger partial charge in [-0.05, 0) is 18.8 Å². The fraction of sp³-hybridized carbons (Fsp3) is 0.750. The van der Waals surface area contributed by atoms with Crippen molar-refractivity contribution in [2.24, 2.45) is 5.41 Å². The van der Waals surface area contributed by atoms with Crippen LogP contribution in [-0.2, 0) is 0 Å². The second-order valence-electron chi connectivity index (χ2n) is 6.10. The molecule has 0 saturated carbocycles. The second kappa shape index (κ2) is 8.08. The van der Waals surface area contributed by atoms with Crippen LogP contribution >= 0.6 is 24.4 Å². The van der Waals surface area contributed by atoms with E-state index in [4.69, 9.17) is 24.4 Å². The van der Waals surface area contributed by atoms with Crippen molar-refractivity contribution in [3.63, 3.8) is 0 Å². The third-order valence-corrected chi connectivity index (χ3v) is 4.22. The van der Waals surface area contributed by atoms with Gasteiger partial charge in [0.15, 0.2) is 0 Å². The fourth-order valence-corrected chi connectivity index (χ4v) is 2.55. The van der Waals surface area contributed by atoms with E-state index in [1.54, 1.807) is 0 Å². The summed E-state index contributed by atoms with van der Waals surface area (Å²) in [7, 11) is 4.18. The van der Waals surface area contributed by atoms with Gasteiger partial charge in [-0.1, -0.05) is 59.1 Å². The Labute approximate surface area is 135 Å². The summed E-state index contributed by atoms with van der Waals surface area (Å²) in [5.41, 5.74) is 2.65. The monoisotopic (exact) mass is 314 g/mol. The van der Waals surface area contributed by atoms with Gasteiger partial charge in [-0.25, -0.2) is 0 Å². The molecule has 0 bridgehead atoms. The Bertz CT molecular complexity index is 479. The van der Waals surface area contributed by atoms with Crippen LogP contribution in [0.4, 0.5) is 11.4 Å². The summed E-state index contributed by atoms with van der Waals surface area (Å²) in [4.78, 5) is 4.44. The molecule has 2 nitrogen and oxygen atoms in total. The highest BCUT2D eigenvalue weighted by Crippen LogP contribution is 2.38. The van der Waals surface area contributed by atoms with E-state index in [9.17, 15) is 0 Å². The number of anilines is 2. The number of rotatable bonds is 5. The van der Waals surface area contributed by atoms with Gasteiger partial charge in [0.1, 0.15) is 0 Å². The zero-order valence-corrected chi connectivity index (χ0v) is 16.0. The highest BCUT2D eigenvalue weighted by atomic mass is 32.1. The van der Waals surface area contributed by atoms with Crippen LogP contribution in [0.1, 0.15) is 48.0 Å². The van der Waals surface area contributed by atoms with E-state index in [2.05, 4.69) is 51.6 Å². The van der Waals surface area contributed by atoms with Crippen LogP contribution in [0, 0.1) is 14.4 Å². The first-order valence-corrected chi connectivity index (χ1v) is 8.26. The lowest BCUT2D eigenvalue weighted by atomic mass is 9.92. The predicted molar refractivity (Wildman–Crippen MR) is 98.1 cm³/mol. The molecule has 0 aliphatic carbocycles. The molecule has 0 heterocycles. The Morgan fingerprint density at radius 2 is 1.30 bits per heavy atom. The zero-order valence-electron chi connectivity index (χ0n) is 14.3. The Hall–Kier alpha value is -0.480. The minimum Gasteiger partial charge on any atom is -0.372 e. The van der Waals surface area contributed by atoms with Gasteiger partial charge in [-0.15, -0.1) is 0 Å². The minimum atomic E-state index is 0.345. The maximum atomic E-state index is 5.39. The maximum Gasteiger partial charge on any atom is 0.0834 e. The molecule has 0 amide bonds. The summed E-state index contributed by atoms with van der Waals surface area (Å²) in [5, 5.41) is 0. The number of nitrogens with zero attached hydrogens (tertiary/aromatic N) is 2. The Morgan fingerprint density at radius 3 is 1.65 bits per heavy atom. The molecule has 1 aromatic carbocycles. The topological polar surface area (TPSA) is 6.48 Å². The van der Waals surface area contributed by atoms with Crippen molar-refractivity contribution >= 4 is 35.8 Å².